The zero-order chi connectivity index (χ0) is 10.7. The van der Waals surface area contributed by atoms with Gasteiger partial charge in [0.25, 0.3) is 0 Å². The number of nitrogens with two attached hydrogens (primary N) is 1. The predicted molar refractivity (Wildman–Crippen MR) is 60.5 cm³/mol. The van der Waals surface area contributed by atoms with Crippen LogP contribution in [0, 0.1) is 5.92 Å². The Bertz CT molecular complexity index is 330. The summed E-state index contributed by atoms with van der Waals surface area (Å²) in [6.45, 7) is 0. The Morgan fingerprint density at radius 2 is 2.00 bits per heavy atom. The molecule has 0 radical (unpaired) electrons. The quantitative estimate of drug-likeness (QED) is 0.812. The van der Waals surface area contributed by atoms with Crippen LogP contribution in [-0.4, -0.2) is 11.8 Å². The van der Waals surface area contributed by atoms with Crippen LogP contribution in [0.1, 0.15) is 24.8 Å². The fraction of sp³-hybridized carbons (Fsp3) is 0.462. The average Bonchev–Trinajstić information content (AvgIpc) is 2.16. The zero-order valence-corrected chi connectivity index (χ0v) is 8.86. The molecule has 1 aliphatic rings. The Morgan fingerprint density at radius 3 is 2.53 bits per heavy atom. The summed E-state index contributed by atoms with van der Waals surface area (Å²) in [5.74, 6) is 0.508. The molecule has 15 heavy (non-hydrogen) atoms. The van der Waals surface area contributed by atoms with E-state index in [0.29, 0.717) is 6.42 Å². The van der Waals surface area contributed by atoms with Crippen molar-refractivity contribution >= 4 is 5.78 Å². The minimum Gasteiger partial charge on any atom is -0.321 e. The van der Waals surface area contributed by atoms with E-state index < -0.39 is 0 Å². The van der Waals surface area contributed by atoms with Gasteiger partial charge in [0.1, 0.15) is 0 Å². The number of carbonyl (C=O) groups is 1. The molecule has 80 valence electrons. The molecule has 2 heteroatoms. The number of hydrogen-bond donors (Lipinski definition) is 1. The van der Waals surface area contributed by atoms with Crippen molar-refractivity contribution in [3.63, 3.8) is 0 Å². The van der Waals surface area contributed by atoms with E-state index in [4.69, 9.17) is 5.73 Å². The molecule has 1 saturated carbocycles. The summed E-state index contributed by atoms with van der Waals surface area (Å²) in [6, 6.07) is 9.67. The third kappa shape index (κ3) is 2.45. The SMILES string of the molecule is NC(Cc1ccccc1)C(=O)C1CCC1. The Kier molecular flexibility index (Phi) is 3.17. The second-order valence-electron chi connectivity index (χ2n) is 4.33. The number of rotatable bonds is 4. The van der Waals surface area contributed by atoms with Gasteiger partial charge in [-0.05, 0) is 24.8 Å². The highest BCUT2D eigenvalue weighted by Crippen LogP contribution is 2.28. The van der Waals surface area contributed by atoms with Crippen molar-refractivity contribution in [1.82, 2.24) is 0 Å². The Morgan fingerprint density at radius 1 is 1.33 bits per heavy atom. The molecule has 0 heterocycles. The minimum atomic E-state index is -0.308. The van der Waals surface area contributed by atoms with Crippen LogP contribution in [0.2, 0.25) is 0 Å². The van der Waals surface area contributed by atoms with Crippen molar-refractivity contribution in [3.05, 3.63) is 35.9 Å². The van der Waals surface area contributed by atoms with Crippen molar-refractivity contribution in [1.29, 1.82) is 0 Å². The first-order valence-electron chi connectivity index (χ1n) is 5.60. The lowest BCUT2D eigenvalue weighted by molar-refractivity contribution is -0.126. The van der Waals surface area contributed by atoms with Gasteiger partial charge in [-0.1, -0.05) is 36.8 Å². The van der Waals surface area contributed by atoms with Gasteiger partial charge in [0.15, 0.2) is 5.78 Å². The molecule has 1 aromatic rings. The highest BCUT2D eigenvalue weighted by molar-refractivity contribution is 5.86. The highest BCUT2D eigenvalue weighted by Gasteiger charge is 2.28. The summed E-state index contributed by atoms with van der Waals surface area (Å²) in [5.41, 5.74) is 7.06. The van der Waals surface area contributed by atoms with Gasteiger partial charge in [0, 0.05) is 5.92 Å². The molecule has 0 saturated heterocycles. The van der Waals surface area contributed by atoms with Gasteiger partial charge in [0.2, 0.25) is 0 Å². The second-order valence-corrected chi connectivity index (χ2v) is 4.33. The maximum absolute atomic E-state index is 11.8. The van der Waals surface area contributed by atoms with Crippen LogP contribution in [0.5, 0.6) is 0 Å². The normalized spacial score (nSPS) is 18.2. The van der Waals surface area contributed by atoms with Crippen molar-refractivity contribution in [2.45, 2.75) is 31.7 Å². The van der Waals surface area contributed by atoms with Gasteiger partial charge in [-0.15, -0.1) is 0 Å². The number of Topliss-reactive ketones (excluding diaryl/α,β-unsaturated/α-hetero) is 1. The molecular weight excluding hydrogens is 186 g/mol. The summed E-state index contributed by atoms with van der Waals surface area (Å²) in [7, 11) is 0. The van der Waals surface area contributed by atoms with Gasteiger partial charge < -0.3 is 5.73 Å². The monoisotopic (exact) mass is 203 g/mol. The van der Waals surface area contributed by atoms with Gasteiger partial charge in [-0.2, -0.15) is 0 Å². The largest absolute Gasteiger partial charge is 0.321 e. The van der Waals surface area contributed by atoms with Crippen molar-refractivity contribution in [3.8, 4) is 0 Å². The summed E-state index contributed by atoms with van der Waals surface area (Å²) in [5, 5.41) is 0. The maximum atomic E-state index is 11.8. The van der Waals surface area contributed by atoms with Crippen LogP contribution < -0.4 is 5.73 Å². The van der Waals surface area contributed by atoms with Crippen LogP contribution in [-0.2, 0) is 11.2 Å². The molecule has 1 fully saturated rings. The maximum Gasteiger partial charge on any atom is 0.152 e. The van der Waals surface area contributed by atoms with Gasteiger partial charge in [0.05, 0.1) is 6.04 Å². The van der Waals surface area contributed by atoms with Crippen LogP contribution in [0.4, 0.5) is 0 Å². The summed E-state index contributed by atoms with van der Waals surface area (Å²) >= 11 is 0. The number of hydrogen-bond acceptors (Lipinski definition) is 2. The Balaban J connectivity index is 1.91. The molecule has 2 nitrogen and oxygen atoms in total. The third-order valence-corrected chi connectivity index (χ3v) is 3.17. The van der Waals surface area contributed by atoms with Gasteiger partial charge in [-0.25, -0.2) is 0 Å². The molecule has 1 atom stereocenters. The van der Waals surface area contributed by atoms with E-state index in [9.17, 15) is 4.79 Å². The first-order chi connectivity index (χ1) is 7.27. The smallest absolute Gasteiger partial charge is 0.152 e. The first-order valence-corrected chi connectivity index (χ1v) is 5.60. The molecule has 0 bridgehead atoms. The molecule has 1 aromatic carbocycles. The van der Waals surface area contributed by atoms with E-state index in [1.165, 1.54) is 6.42 Å². The molecule has 1 unspecified atom stereocenters. The standard InChI is InChI=1S/C13H17NO/c14-12(13(15)11-7-4-8-11)9-10-5-2-1-3-6-10/h1-3,5-6,11-12H,4,7-9,14H2. The van der Waals surface area contributed by atoms with Crippen LogP contribution in [0.3, 0.4) is 0 Å². The molecule has 0 spiro atoms. The number of benzene rings is 1. The molecule has 2 rings (SSSR count). The van der Waals surface area contributed by atoms with Crippen molar-refractivity contribution in [2.75, 3.05) is 0 Å². The lowest BCUT2D eigenvalue weighted by Gasteiger charge is -2.26. The topological polar surface area (TPSA) is 43.1 Å². The fourth-order valence-electron chi connectivity index (χ4n) is 1.96. The third-order valence-electron chi connectivity index (χ3n) is 3.17. The number of ketones is 1. The molecule has 0 aliphatic heterocycles. The van der Waals surface area contributed by atoms with Gasteiger partial charge >= 0.3 is 0 Å². The van der Waals surface area contributed by atoms with Crippen LogP contribution >= 0.6 is 0 Å². The van der Waals surface area contributed by atoms with E-state index in [-0.39, 0.29) is 17.7 Å². The fourth-order valence-corrected chi connectivity index (χ4v) is 1.96. The zero-order valence-electron chi connectivity index (χ0n) is 8.86. The molecule has 1 aliphatic carbocycles. The average molecular weight is 203 g/mol. The highest BCUT2D eigenvalue weighted by atomic mass is 16.1. The molecule has 0 aromatic heterocycles. The number of carbonyl (C=O) groups excluding carboxylic acids is 1. The van der Waals surface area contributed by atoms with Gasteiger partial charge in [-0.3, -0.25) is 4.79 Å². The second kappa shape index (κ2) is 4.58. The minimum absolute atomic E-state index is 0.253. The predicted octanol–water partition coefficient (Wildman–Crippen LogP) is 1.93. The van der Waals surface area contributed by atoms with E-state index in [1.807, 2.05) is 30.3 Å². The van der Waals surface area contributed by atoms with E-state index in [2.05, 4.69) is 0 Å². The molecular formula is C13H17NO. The van der Waals surface area contributed by atoms with Crippen LogP contribution in [0.25, 0.3) is 0 Å². The van der Waals surface area contributed by atoms with E-state index in [0.717, 1.165) is 18.4 Å². The van der Waals surface area contributed by atoms with E-state index in [1.54, 1.807) is 0 Å². The summed E-state index contributed by atoms with van der Waals surface area (Å²) < 4.78 is 0. The van der Waals surface area contributed by atoms with Crippen molar-refractivity contribution in [2.24, 2.45) is 11.7 Å². The molecule has 0 amide bonds. The lowest BCUT2D eigenvalue weighted by Crippen LogP contribution is -2.39. The summed E-state index contributed by atoms with van der Waals surface area (Å²) in [4.78, 5) is 11.8. The first kappa shape index (κ1) is 10.4. The molecule has 2 N–H and O–H groups in total. The Labute approximate surface area is 90.5 Å². The lowest BCUT2D eigenvalue weighted by atomic mass is 9.79. The Hall–Kier alpha value is -1.15. The van der Waals surface area contributed by atoms with Crippen molar-refractivity contribution < 1.29 is 4.79 Å². The summed E-state index contributed by atoms with van der Waals surface area (Å²) in [6.07, 6.45) is 3.95. The van der Waals surface area contributed by atoms with E-state index >= 15 is 0 Å². The van der Waals surface area contributed by atoms with Crippen LogP contribution in [0.15, 0.2) is 30.3 Å².